The van der Waals surface area contributed by atoms with Crippen molar-refractivity contribution >= 4 is 26.7 Å². The van der Waals surface area contributed by atoms with Crippen LogP contribution in [0.25, 0.3) is 10.2 Å². The molecule has 1 fully saturated rings. The molecule has 1 aliphatic carbocycles. The lowest BCUT2D eigenvalue weighted by Gasteiger charge is -2.04. The maximum Gasteiger partial charge on any atom is 0.416 e. The third-order valence-corrected chi connectivity index (χ3v) is 5.97. The topological polar surface area (TPSA) is 24.9 Å². The maximum absolute atomic E-state index is 12.7. The molecule has 1 aromatic carbocycles. The van der Waals surface area contributed by atoms with E-state index in [0.717, 1.165) is 16.8 Å². The Kier molecular flexibility index (Phi) is 2.87. The van der Waals surface area contributed by atoms with Gasteiger partial charge in [-0.05, 0) is 29.0 Å². The highest BCUT2D eigenvalue weighted by molar-refractivity contribution is 7.22. The molecule has 114 valence electrons. The number of fused-ring (bicyclic) bond motifs is 1. The lowest BCUT2D eigenvalue weighted by atomic mass is 10.0. The minimum absolute atomic E-state index is 0.155. The van der Waals surface area contributed by atoms with Gasteiger partial charge in [0.1, 0.15) is 0 Å². The Labute approximate surface area is 125 Å². The van der Waals surface area contributed by atoms with Gasteiger partial charge in [0.25, 0.3) is 0 Å². The molecule has 1 aromatic heterocycles. The second kappa shape index (κ2) is 4.12. The van der Waals surface area contributed by atoms with Crippen LogP contribution in [0.1, 0.15) is 33.3 Å². The Morgan fingerprint density at radius 1 is 1.14 bits per heavy atom. The van der Waals surface area contributed by atoms with Crippen LogP contribution in [0.3, 0.4) is 0 Å². The van der Waals surface area contributed by atoms with Gasteiger partial charge in [-0.15, -0.1) is 0 Å². The number of alkyl halides is 3. The highest BCUT2D eigenvalue weighted by Gasteiger charge is 2.65. The van der Waals surface area contributed by atoms with Crippen LogP contribution in [0.5, 0.6) is 0 Å². The number of halogens is 3. The second-order valence-corrected chi connectivity index (χ2v) is 7.75. The third-order valence-electron chi connectivity index (χ3n) is 5.00. The average molecular weight is 314 g/mol. The third kappa shape index (κ3) is 2.20. The fourth-order valence-electron chi connectivity index (χ4n) is 2.85. The first-order valence-corrected chi connectivity index (χ1v) is 7.59. The number of hydrogen-bond acceptors (Lipinski definition) is 3. The maximum atomic E-state index is 12.7. The van der Waals surface area contributed by atoms with E-state index in [-0.39, 0.29) is 16.9 Å². The summed E-state index contributed by atoms with van der Waals surface area (Å²) < 4.78 is 38.9. The van der Waals surface area contributed by atoms with E-state index in [1.165, 1.54) is 17.4 Å². The van der Waals surface area contributed by atoms with Crippen molar-refractivity contribution in [3.63, 3.8) is 0 Å². The van der Waals surface area contributed by atoms with E-state index in [2.05, 4.69) is 38.0 Å². The van der Waals surface area contributed by atoms with E-state index < -0.39 is 11.7 Å². The van der Waals surface area contributed by atoms with Crippen molar-refractivity contribution in [3.8, 4) is 0 Å². The van der Waals surface area contributed by atoms with Gasteiger partial charge in [-0.3, -0.25) is 0 Å². The van der Waals surface area contributed by atoms with Crippen molar-refractivity contribution in [2.75, 3.05) is 5.32 Å². The van der Waals surface area contributed by atoms with Crippen LogP contribution in [0, 0.1) is 10.8 Å². The molecule has 21 heavy (non-hydrogen) atoms. The molecule has 6 heteroatoms. The first kappa shape index (κ1) is 14.6. The summed E-state index contributed by atoms with van der Waals surface area (Å²) in [6.45, 7) is 8.72. The fraction of sp³-hybridized carbons (Fsp3) is 0.533. The summed E-state index contributed by atoms with van der Waals surface area (Å²) in [5.74, 6) is 0. The van der Waals surface area contributed by atoms with E-state index in [1.807, 2.05) is 0 Å². The molecule has 0 amide bonds. The van der Waals surface area contributed by atoms with E-state index in [9.17, 15) is 13.2 Å². The zero-order valence-electron chi connectivity index (χ0n) is 12.3. The summed E-state index contributed by atoms with van der Waals surface area (Å²) in [5.41, 5.74) is 0.0526. The largest absolute Gasteiger partial charge is 0.416 e. The van der Waals surface area contributed by atoms with Crippen LogP contribution >= 0.6 is 11.3 Å². The zero-order valence-corrected chi connectivity index (χ0v) is 13.1. The summed E-state index contributed by atoms with van der Waals surface area (Å²) in [6, 6.07) is 3.99. The number of aromatic nitrogens is 1. The van der Waals surface area contributed by atoms with E-state index in [1.54, 1.807) is 0 Å². The molecular formula is C15H17F3N2S. The molecule has 3 rings (SSSR count). The van der Waals surface area contributed by atoms with E-state index in [4.69, 9.17) is 0 Å². The quantitative estimate of drug-likeness (QED) is 0.828. The smallest absolute Gasteiger partial charge is 0.358 e. The Balaban J connectivity index is 1.89. The van der Waals surface area contributed by atoms with Crippen LogP contribution in [0.2, 0.25) is 0 Å². The monoisotopic (exact) mass is 314 g/mol. The van der Waals surface area contributed by atoms with Crippen LogP contribution in [-0.2, 0) is 6.18 Å². The number of benzene rings is 1. The SMILES string of the molecule is CC1(C)C(Nc2nc3cc(C(F)(F)F)ccc3s2)C1(C)C. The molecule has 2 nitrogen and oxygen atoms in total. The Hall–Kier alpha value is -1.30. The number of thiazole rings is 1. The van der Waals surface area contributed by atoms with Gasteiger partial charge in [0.05, 0.1) is 15.8 Å². The van der Waals surface area contributed by atoms with Crippen molar-refractivity contribution in [1.82, 2.24) is 4.98 Å². The molecule has 0 saturated heterocycles. The molecule has 0 spiro atoms. The first-order chi connectivity index (χ1) is 9.53. The van der Waals surface area contributed by atoms with Crippen LogP contribution < -0.4 is 5.32 Å². The highest BCUT2D eigenvalue weighted by atomic mass is 32.1. The van der Waals surface area contributed by atoms with Crippen LogP contribution in [0.15, 0.2) is 18.2 Å². The van der Waals surface area contributed by atoms with Crippen LogP contribution in [0.4, 0.5) is 18.3 Å². The number of nitrogens with zero attached hydrogens (tertiary/aromatic N) is 1. The van der Waals surface area contributed by atoms with Gasteiger partial charge in [-0.1, -0.05) is 39.0 Å². The molecule has 1 saturated carbocycles. The Morgan fingerprint density at radius 2 is 1.76 bits per heavy atom. The van der Waals surface area contributed by atoms with Gasteiger partial charge >= 0.3 is 6.18 Å². The molecule has 0 unspecified atom stereocenters. The van der Waals surface area contributed by atoms with Crippen molar-refractivity contribution in [2.45, 2.75) is 39.9 Å². The molecule has 0 aliphatic heterocycles. The van der Waals surface area contributed by atoms with Crippen molar-refractivity contribution in [1.29, 1.82) is 0 Å². The summed E-state index contributed by atoms with van der Waals surface area (Å²) in [7, 11) is 0. The van der Waals surface area contributed by atoms with Crippen molar-refractivity contribution in [3.05, 3.63) is 23.8 Å². The standard InChI is InChI=1S/C15H17F3N2S/c1-13(2)11(14(13,3)4)20-12-19-9-7-8(15(16,17)18)5-6-10(9)21-12/h5-7,11H,1-4H3,(H,19,20). The Morgan fingerprint density at radius 3 is 2.29 bits per heavy atom. The van der Waals surface area contributed by atoms with Crippen molar-refractivity contribution in [2.24, 2.45) is 10.8 Å². The van der Waals surface area contributed by atoms with E-state index in [0.29, 0.717) is 10.6 Å². The molecule has 2 aromatic rings. The van der Waals surface area contributed by atoms with Crippen molar-refractivity contribution < 1.29 is 13.2 Å². The van der Waals surface area contributed by atoms with Gasteiger partial charge in [-0.2, -0.15) is 13.2 Å². The molecule has 0 radical (unpaired) electrons. The number of rotatable bonds is 2. The highest BCUT2D eigenvalue weighted by Crippen LogP contribution is 2.63. The summed E-state index contributed by atoms with van der Waals surface area (Å²) in [6.07, 6.45) is -4.33. The predicted octanol–water partition coefficient (Wildman–Crippen LogP) is 5.16. The van der Waals surface area contributed by atoms with Gasteiger partial charge in [0, 0.05) is 6.04 Å². The van der Waals surface area contributed by atoms with E-state index >= 15 is 0 Å². The van der Waals surface area contributed by atoms with Gasteiger partial charge in [0.15, 0.2) is 5.13 Å². The van der Waals surface area contributed by atoms with Gasteiger partial charge in [-0.25, -0.2) is 4.98 Å². The second-order valence-electron chi connectivity index (χ2n) is 6.72. The lowest BCUT2D eigenvalue weighted by molar-refractivity contribution is -0.137. The Bertz CT molecular complexity index is 686. The molecular weight excluding hydrogens is 297 g/mol. The van der Waals surface area contributed by atoms with Crippen LogP contribution in [-0.4, -0.2) is 11.0 Å². The summed E-state index contributed by atoms with van der Waals surface area (Å²) in [5, 5.41) is 4.06. The fourth-order valence-corrected chi connectivity index (χ4v) is 3.72. The van der Waals surface area contributed by atoms with Gasteiger partial charge < -0.3 is 5.32 Å². The molecule has 1 aliphatic rings. The minimum atomic E-state index is -4.33. The summed E-state index contributed by atoms with van der Waals surface area (Å²) >= 11 is 1.40. The predicted molar refractivity (Wildman–Crippen MR) is 79.6 cm³/mol. The molecule has 1 N–H and O–H groups in total. The lowest BCUT2D eigenvalue weighted by Crippen LogP contribution is -2.09. The van der Waals surface area contributed by atoms with Gasteiger partial charge in [0.2, 0.25) is 0 Å². The number of anilines is 1. The number of nitrogens with one attached hydrogen (secondary N) is 1. The normalized spacial score (nSPS) is 20.7. The molecule has 0 atom stereocenters. The minimum Gasteiger partial charge on any atom is -0.358 e. The average Bonchev–Trinajstić information content (AvgIpc) is 2.69. The first-order valence-electron chi connectivity index (χ1n) is 6.78. The summed E-state index contributed by atoms with van der Waals surface area (Å²) in [4.78, 5) is 4.31. The molecule has 0 bridgehead atoms. The zero-order chi connectivity index (χ0) is 15.6. The molecule has 1 heterocycles. The number of hydrogen-bond donors (Lipinski definition) is 1.